The van der Waals surface area contributed by atoms with Crippen LogP contribution in [0, 0.1) is 0 Å². The first-order chi connectivity index (χ1) is 3.85. The first kappa shape index (κ1) is 7.04. The summed E-state index contributed by atoms with van der Waals surface area (Å²) in [5.41, 5.74) is 7.87. The van der Waals surface area contributed by atoms with E-state index in [4.69, 9.17) is 5.73 Å². The van der Waals surface area contributed by atoms with Gasteiger partial charge >= 0.3 is 0 Å². The monoisotopic (exact) mass is 113 g/mol. The molecule has 0 heterocycles. The Labute approximate surface area is 49.4 Å². The van der Waals surface area contributed by atoms with E-state index in [1.807, 2.05) is 0 Å². The first-order valence-electron chi connectivity index (χ1n) is 2.31. The van der Waals surface area contributed by atoms with Crippen molar-refractivity contribution in [3.8, 4) is 0 Å². The van der Waals surface area contributed by atoms with E-state index in [9.17, 15) is 0 Å². The van der Waals surface area contributed by atoms with Crippen molar-refractivity contribution in [2.24, 2.45) is 5.73 Å². The van der Waals surface area contributed by atoms with E-state index in [1.165, 1.54) is 6.20 Å². The Hall–Kier alpha value is -0.960. The molecule has 8 heavy (non-hydrogen) atoms. The van der Waals surface area contributed by atoms with Crippen molar-refractivity contribution in [3.63, 3.8) is 0 Å². The average molecular weight is 113 g/mol. The van der Waals surface area contributed by atoms with E-state index >= 15 is 0 Å². The van der Waals surface area contributed by atoms with Gasteiger partial charge in [0.1, 0.15) is 0 Å². The van der Waals surface area contributed by atoms with Gasteiger partial charge in [0.05, 0.1) is 0 Å². The molecule has 0 aromatic rings. The summed E-state index contributed by atoms with van der Waals surface area (Å²) in [4.78, 5) is 0. The van der Waals surface area contributed by atoms with Crippen LogP contribution in [-0.2, 0) is 0 Å². The summed E-state index contributed by atoms with van der Waals surface area (Å²) in [6.45, 7) is 3.51. The Bertz CT molecular complexity index is 87.7. The van der Waals surface area contributed by atoms with Crippen LogP contribution in [0.1, 0.15) is 0 Å². The molecular weight excluding hydrogens is 102 g/mol. The Balaban J connectivity index is 3.52. The Morgan fingerprint density at radius 3 is 2.50 bits per heavy atom. The normalized spacial score (nSPS) is 9.62. The summed E-state index contributed by atoms with van der Waals surface area (Å²) in [7, 11) is 1.78. The maximum Gasteiger partial charge on any atom is 0.0363 e. The molecule has 0 unspecified atom stereocenters. The Morgan fingerprint density at radius 2 is 2.38 bits per heavy atom. The molecule has 0 saturated carbocycles. The number of rotatable bonds is 3. The standard InChI is InChI=1S/C5H11N3/c1-3-8(7-2)5-4-6/h3-5,7H,1,6H2,2H3/b5-4-. The molecule has 3 heteroatoms. The predicted octanol–water partition coefficient (Wildman–Crippen LogP) is -0.00380. The van der Waals surface area contributed by atoms with Gasteiger partial charge in [-0.15, -0.1) is 0 Å². The second kappa shape index (κ2) is 4.21. The fraction of sp³-hybridized carbons (Fsp3) is 0.200. The molecule has 0 aromatic carbocycles. The van der Waals surface area contributed by atoms with Crippen LogP contribution in [0.5, 0.6) is 0 Å². The number of nitrogens with one attached hydrogen (secondary N) is 1. The van der Waals surface area contributed by atoms with Crippen molar-refractivity contribution < 1.29 is 0 Å². The summed E-state index contributed by atoms with van der Waals surface area (Å²) in [6.07, 6.45) is 4.70. The van der Waals surface area contributed by atoms with Gasteiger partial charge in [-0.1, -0.05) is 6.58 Å². The maximum atomic E-state index is 5.07. The SMILES string of the molecule is C=CN(/C=C\N)NC. The van der Waals surface area contributed by atoms with Crippen LogP contribution in [0.4, 0.5) is 0 Å². The van der Waals surface area contributed by atoms with Gasteiger partial charge < -0.3 is 5.73 Å². The lowest BCUT2D eigenvalue weighted by atomic mass is 10.8. The zero-order valence-corrected chi connectivity index (χ0v) is 4.96. The third-order valence-corrected chi connectivity index (χ3v) is 0.702. The minimum Gasteiger partial charge on any atom is -0.403 e. The molecule has 3 N–H and O–H groups in total. The van der Waals surface area contributed by atoms with E-state index in [-0.39, 0.29) is 0 Å². The van der Waals surface area contributed by atoms with Crippen molar-refractivity contribution in [1.29, 1.82) is 0 Å². The molecule has 0 radical (unpaired) electrons. The summed E-state index contributed by atoms with van der Waals surface area (Å²) in [5.74, 6) is 0. The molecule has 0 aliphatic carbocycles. The third-order valence-electron chi connectivity index (χ3n) is 0.702. The molecule has 0 atom stereocenters. The minimum absolute atomic E-state index is 1.43. The van der Waals surface area contributed by atoms with Gasteiger partial charge in [-0.3, -0.25) is 5.01 Å². The highest BCUT2D eigenvalue weighted by molar-refractivity contribution is 4.80. The van der Waals surface area contributed by atoms with Crippen molar-refractivity contribution >= 4 is 0 Å². The number of hydrazine groups is 1. The van der Waals surface area contributed by atoms with Gasteiger partial charge in [0.2, 0.25) is 0 Å². The molecule has 0 aliphatic heterocycles. The van der Waals surface area contributed by atoms with Gasteiger partial charge in [0.15, 0.2) is 0 Å². The van der Waals surface area contributed by atoms with E-state index in [0.717, 1.165) is 0 Å². The van der Waals surface area contributed by atoms with Crippen LogP contribution >= 0.6 is 0 Å². The van der Waals surface area contributed by atoms with Gasteiger partial charge in [-0.2, -0.15) is 0 Å². The van der Waals surface area contributed by atoms with Crippen molar-refractivity contribution in [1.82, 2.24) is 10.4 Å². The maximum absolute atomic E-state index is 5.07. The molecule has 3 nitrogen and oxygen atoms in total. The topological polar surface area (TPSA) is 41.3 Å². The highest BCUT2D eigenvalue weighted by atomic mass is 15.5. The molecule has 0 amide bonds. The van der Waals surface area contributed by atoms with Crippen molar-refractivity contribution in [3.05, 3.63) is 25.2 Å². The van der Waals surface area contributed by atoms with Gasteiger partial charge in [-0.25, -0.2) is 5.43 Å². The van der Waals surface area contributed by atoms with Crippen LogP contribution in [0.15, 0.2) is 25.2 Å². The highest BCUT2D eigenvalue weighted by Gasteiger charge is 1.79. The molecular formula is C5H11N3. The summed E-state index contributed by atoms with van der Waals surface area (Å²) in [5, 5.41) is 1.64. The largest absolute Gasteiger partial charge is 0.403 e. The first-order valence-corrected chi connectivity index (χ1v) is 2.31. The summed E-state index contributed by atoms with van der Waals surface area (Å²) >= 11 is 0. The molecule has 0 aromatic heterocycles. The van der Waals surface area contributed by atoms with Gasteiger partial charge in [0, 0.05) is 25.6 Å². The lowest BCUT2D eigenvalue weighted by molar-refractivity contribution is 0.409. The zero-order valence-electron chi connectivity index (χ0n) is 4.96. The van der Waals surface area contributed by atoms with Crippen LogP contribution in [-0.4, -0.2) is 12.1 Å². The quantitative estimate of drug-likeness (QED) is 0.506. The van der Waals surface area contributed by atoms with Gasteiger partial charge in [0.25, 0.3) is 0 Å². The molecule has 0 fully saturated rings. The van der Waals surface area contributed by atoms with Crippen LogP contribution in [0.25, 0.3) is 0 Å². The van der Waals surface area contributed by atoms with E-state index in [1.54, 1.807) is 24.5 Å². The van der Waals surface area contributed by atoms with Crippen molar-refractivity contribution in [2.45, 2.75) is 0 Å². The molecule has 0 bridgehead atoms. The number of hydrogen-bond acceptors (Lipinski definition) is 3. The van der Waals surface area contributed by atoms with Gasteiger partial charge in [-0.05, 0) is 0 Å². The fourth-order valence-electron chi connectivity index (χ4n) is 0.319. The second-order valence-corrected chi connectivity index (χ2v) is 1.15. The molecule has 0 rings (SSSR count). The van der Waals surface area contributed by atoms with E-state index in [2.05, 4.69) is 12.0 Å². The lowest BCUT2D eigenvalue weighted by Crippen LogP contribution is -2.23. The lowest BCUT2D eigenvalue weighted by Gasteiger charge is -2.10. The third kappa shape index (κ3) is 2.25. The zero-order chi connectivity index (χ0) is 6.41. The molecule has 0 saturated heterocycles. The second-order valence-electron chi connectivity index (χ2n) is 1.15. The van der Waals surface area contributed by atoms with E-state index < -0.39 is 0 Å². The number of nitrogens with zero attached hydrogens (tertiary/aromatic N) is 1. The summed E-state index contributed by atoms with van der Waals surface area (Å²) < 4.78 is 0. The van der Waals surface area contributed by atoms with Crippen LogP contribution in [0.3, 0.4) is 0 Å². The predicted molar refractivity (Wildman–Crippen MR) is 34.4 cm³/mol. The molecule has 0 spiro atoms. The minimum atomic E-state index is 1.43. The fourth-order valence-corrected chi connectivity index (χ4v) is 0.319. The Kier molecular flexibility index (Phi) is 3.70. The van der Waals surface area contributed by atoms with Crippen LogP contribution < -0.4 is 11.2 Å². The molecule has 46 valence electrons. The summed E-state index contributed by atoms with van der Waals surface area (Å²) in [6, 6.07) is 0. The highest BCUT2D eigenvalue weighted by Crippen LogP contribution is 1.78. The van der Waals surface area contributed by atoms with E-state index in [0.29, 0.717) is 0 Å². The Morgan fingerprint density at radius 1 is 1.75 bits per heavy atom. The average Bonchev–Trinajstić information content (AvgIpc) is 1.83. The van der Waals surface area contributed by atoms with Crippen LogP contribution in [0.2, 0.25) is 0 Å². The van der Waals surface area contributed by atoms with Crippen molar-refractivity contribution in [2.75, 3.05) is 7.05 Å². The smallest absolute Gasteiger partial charge is 0.0363 e. The molecule has 0 aliphatic rings. The number of hydrogen-bond donors (Lipinski definition) is 2. The number of nitrogens with two attached hydrogens (primary N) is 1.